The summed E-state index contributed by atoms with van der Waals surface area (Å²) in [5.41, 5.74) is 14.0. The fourth-order valence-electron chi connectivity index (χ4n) is 9.75. The Labute approximate surface area is 360 Å². The van der Waals surface area contributed by atoms with Gasteiger partial charge in [0.1, 0.15) is 0 Å². The molecule has 12 aromatic rings. The van der Waals surface area contributed by atoms with Gasteiger partial charge in [-0.15, -0.1) is 0 Å². The van der Waals surface area contributed by atoms with Gasteiger partial charge in [0.15, 0.2) is 0 Å². The van der Waals surface area contributed by atoms with Crippen LogP contribution in [0.2, 0.25) is 0 Å². The average Bonchev–Trinajstić information content (AvgIpc) is 3.68. The molecule has 0 saturated carbocycles. The SMILES string of the molecule is c1ccc(-n2c3ccccc3c3ccccc32)c(-c2ccc(N(c3cc(-c4cccc5ccccc45)ccc3-c3cccc4ccccc34)c3cccc4ccccc34)cc2)c1. The van der Waals surface area contributed by atoms with Crippen molar-refractivity contribution in [2.45, 2.75) is 0 Å². The zero-order chi connectivity index (χ0) is 41.0. The quantitative estimate of drug-likeness (QED) is 0.156. The molecule has 2 nitrogen and oxygen atoms in total. The van der Waals surface area contributed by atoms with E-state index in [2.05, 4.69) is 252 Å². The number of rotatable bonds is 7. The van der Waals surface area contributed by atoms with Crippen LogP contribution in [0.25, 0.3) is 93.2 Å². The first-order valence-electron chi connectivity index (χ1n) is 21.3. The Morgan fingerprint density at radius 1 is 0.274 bits per heavy atom. The Kier molecular flexibility index (Phi) is 8.53. The maximum Gasteiger partial charge on any atom is 0.0546 e. The summed E-state index contributed by atoms with van der Waals surface area (Å²) in [6.45, 7) is 0. The summed E-state index contributed by atoms with van der Waals surface area (Å²) in [6, 6.07) is 88.7. The van der Waals surface area contributed by atoms with Gasteiger partial charge in [-0.1, -0.05) is 200 Å². The molecule has 0 atom stereocenters. The molecule has 0 radical (unpaired) electrons. The van der Waals surface area contributed by atoms with Gasteiger partial charge >= 0.3 is 0 Å². The van der Waals surface area contributed by atoms with Gasteiger partial charge < -0.3 is 9.47 Å². The minimum Gasteiger partial charge on any atom is -0.309 e. The highest BCUT2D eigenvalue weighted by molar-refractivity contribution is 6.10. The lowest BCUT2D eigenvalue weighted by Crippen LogP contribution is -2.12. The highest BCUT2D eigenvalue weighted by atomic mass is 15.1. The second-order valence-electron chi connectivity index (χ2n) is 16.1. The molecular formula is C60H40N2. The Balaban J connectivity index is 1.10. The van der Waals surface area contributed by atoms with Gasteiger partial charge in [-0.05, 0) is 91.6 Å². The zero-order valence-corrected chi connectivity index (χ0v) is 34.0. The van der Waals surface area contributed by atoms with Crippen LogP contribution in [-0.4, -0.2) is 4.57 Å². The third-order valence-electron chi connectivity index (χ3n) is 12.6. The minimum atomic E-state index is 1.08. The van der Waals surface area contributed by atoms with Crippen molar-refractivity contribution in [3.63, 3.8) is 0 Å². The molecule has 290 valence electrons. The van der Waals surface area contributed by atoms with Crippen LogP contribution in [0.3, 0.4) is 0 Å². The van der Waals surface area contributed by atoms with E-state index in [-0.39, 0.29) is 0 Å². The van der Waals surface area contributed by atoms with Crippen molar-refractivity contribution in [3.8, 4) is 39.1 Å². The van der Waals surface area contributed by atoms with Gasteiger partial charge in [0.25, 0.3) is 0 Å². The third-order valence-corrected chi connectivity index (χ3v) is 12.6. The van der Waals surface area contributed by atoms with Crippen LogP contribution < -0.4 is 4.90 Å². The van der Waals surface area contributed by atoms with E-state index in [1.54, 1.807) is 0 Å². The predicted molar refractivity (Wildman–Crippen MR) is 264 cm³/mol. The van der Waals surface area contributed by atoms with Crippen molar-refractivity contribution < 1.29 is 0 Å². The molecule has 0 spiro atoms. The summed E-state index contributed by atoms with van der Waals surface area (Å²) in [4.78, 5) is 2.48. The van der Waals surface area contributed by atoms with E-state index >= 15 is 0 Å². The van der Waals surface area contributed by atoms with E-state index in [9.17, 15) is 0 Å². The van der Waals surface area contributed by atoms with Gasteiger partial charge in [0.05, 0.1) is 28.1 Å². The molecule has 0 fully saturated rings. The van der Waals surface area contributed by atoms with E-state index in [1.165, 1.54) is 81.9 Å². The molecule has 0 amide bonds. The Hall–Kier alpha value is -8.20. The summed E-state index contributed by atoms with van der Waals surface area (Å²) in [6.07, 6.45) is 0. The minimum absolute atomic E-state index is 1.08. The molecule has 2 heteroatoms. The number of benzene rings is 11. The number of para-hydroxylation sites is 3. The molecule has 12 rings (SSSR count). The Morgan fingerprint density at radius 2 is 0.742 bits per heavy atom. The second-order valence-corrected chi connectivity index (χ2v) is 16.1. The second kappa shape index (κ2) is 14.8. The summed E-state index contributed by atoms with van der Waals surface area (Å²) < 4.78 is 2.42. The van der Waals surface area contributed by atoms with Crippen molar-refractivity contribution >= 4 is 71.2 Å². The van der Waals surface area contributed by atoms with Crippen LogP contribution in [0.15, 0.2) is 243 Å². The number of hydrogen-bond acceptors (Lipinski definition) is 1. The topological polar surface area (TPSA) is 8.17 Å². The molecule has 0 unspecified atom stereocenters. The number of aromatic nitrogens is 1. The normalized spacial score (nSPS) is 11.5. The Bertz CT molecular complexity index is 3580. The fraction of sp³-hybridized carbons (Fsp3) is 0. The van der Waals surface area contributed by atoms with Crippen LogP contribution in [0.5, 0.6) is 0 Å². The number of fused-ring (bicyclic) bond motifs is 6. The fourth-order valence-corrected chi connectivity index (χ4v) is 9.75. The number of nitrogens with zero attached hydrogens (tertiary/aromatic N) is 2. The van der Waals surface area contributed by atoms with E-state index in [4.69, 9.17) is 0 Å². The number of anilines is 3. The summed E-state index contributed by atoms with van der Waals surface area (Å²) in [5, 5.41) is 9.81. The molecule has 0 aliphatic heterocycles. The van der Waals surface area contributed by atoms with Crippen molar-refractivity contribution in [1.29, 1.82) is 0 Å². The molecule has 1 heterocycles. The first-order valence-corrected chi connectivity index (χ1v) is 21.3. The van der Waals surface area contributed by atoms with Crippen LogP contribution in [0.1, 0.15) is 0 Å². The molecule has 0 saturated heterocycles. The maximum atomic E-state index is 2.48. The summed E-state index contributed by atoms with van der Waals surface area (Å²) >= 11 is 0. The molecule has 0 N–H and O–H groups in total. The smallest absolute Gasteiger partial charge is 0.0546 e. The average molecular weight is 789 g/mol. The van der Waals surface area contributed by atoms with Crippen LogP contribution in [0.4, 0.5) is 17.1 Å². The molecular weight excluding hydrogens is 749 g/mol. The van der Waals surface area contributed by atoms with Gasteiger partial charge in [-0.25, -0.2) is 0 Å². The summed E-state index contributed by atoms with van der Waals surface area (Å²) in [7, 11) is 0. The molecule has 1 aromatic heterocycles. The molecule has 62 heavy (non-hydrogen) atoms. The largest absolute Gasteiger partial charge is 0.309 e. The van der Waals surface area contributed by atoms with Crippen LogP contribution in [-0.2, 0) is 0 Å². The monoisotopic (exact) mass is 788 g/mol. The van der Waals surface area contributed by atoms with Gasteiger partial charge in [0, 0.05) is 33.0 Å². The molecule has 0 aliphatic carbocycles. The van der Waals surface area contributed by atoms with Gasteiger partial charge in [0.2, 0.25) is 0 Å². The highest BCUT2D eigenvalue weighted by Gasteiger charge is 2.22. The first-order chi connectivity index (χ1) is 30.8. The lowest BCUT2D eigenvalue weighted by molar-refractivity contribution is 1.18. The molecule has 0 aliphatic rings. The Morgan fingerprint density at radius 3 is 1.42 bits per heavy atom. The van der Waals surface area contributed by atoms with Crippen LogP contribution >= 0.6 is 0 Å². The highest BCUT2D eigenvalue weighted by Crippen LogP contribution is 2.47. The van der Waals surface area contributed by atoms with Crippen molar-refractivity contribution in [3.05, 3.63) is 243 Å². The third kappa shape index (κ3) is 5.88. The van der Waals surface area contributed by atoms with Crippen molar-refractivity contribution in [2.24, 2.45) is 0 Å². The number of hydrogen-bond donors (Lipinski definition) is 0. The van der Waals surface area contributed by atoms with Gasteiger partial charge in [-0.2, -0.15) is 0 Å². The first kappa shape index (κ1) is 35.7. The summed E-state index contributed by atoms with van der Waals surface area (Å²) in [5.74, 6) is 0. The van der Waals surface area contributed by atoms with Gasteiger partial charge in [-0.3, -0.25) is 0 Å². The zero-order valence-electron chi connectivity index (χ0n) is 34.0. The predicted octanol–water partition coefficient (Wildman–Crippen LogP) is 16.7. The standard InChI is InChI=1S/C60H40N2/c1-4-22-47-41(16-1)19-13-28-49(47)45-36-39-55(52-29-14-20-42-17-2-5-23-48(42)52)60(40-45)61(56-33-15-21-43-18-3-6-24-50(43)56)46-37-34-44(35-38-46)51-25-7-10-30-57(51)62-58-31-11-8-26-53(58)54-27-9-12-32-59(54)62/h1-40H. The lowest BCUT2D eigenvalue weighted by Gasteiger charge is -2.30. The van der Waals surface area contributed by atoms with E-state index < -0.39 is 0 Å². The van der Waals surface area contributed by atoms with Crippen molar-refractivity contribution in [2.75, 3.05) is 4.90 Å². The van der Waals surface area contributed by atoms with E-state index in [1.807, 2.05) is 0 Å². The van der Waals surface area contributed by atoms with Crippen LogP contribution in [0, 0.1) is 0 Å². The molecule has 0 bridgehead atoms. The lowest BCUT2D eigenvalue weighted by atomic mass is 9.92. The van der Waals surface area contributed by atoms with E-state index in [0.29, 0.717) is 0 Å². The van der Waals surface area contributed by atoms with Crippen molar-refractivity contribution in [1.82, 2.24) is 4.57 Å². The molecule has 11 aromatic carbocycles. The van der Waals surface area contributed by atoms with E-state index in [0.717, 1.165) is 28.3 Å². The maximum absolute atomic E-state index is 2.48.